The Morgan fingerprint density at radius 1 is 1.39 bits per heavy atom. The minimum Gasteiger partial charge on any atom is -0.454 e. The summed E-state index contributed by atoms with van der Waals surface area (Å²) < 4.78 is 6.76. The van der Waals surface area contributed by atoms with Gasteiger partial charge in [-0.1, -0.05) is 35.3 Å². The molecule has 0 aliphatic carbocycles. The van der Waals surface area contributed by atoms with Crippen LogP contribution in [0.1, 0.15) is 16.2 Å². The van der Waals surface area contributed by atoms with Crippen molar-refractivity contribution in [3.63, 3.8) is 0 Å². The zero-order chi connectivity index (χ0) is 13.1. The molecule has 0 radical (unpaired) electrons. The fourth-order valence-electron chi connectivity index (χ4n) is 1.39. The van der Waals surface area contributed by atoms with Crippen molar-refractivity contribution in [2.24, 2.45) is 7.05 Å². The first-order valence-electron chi connectivity index (χ1n) is 5.17. The van der Waals surface area contributed by atoms with Crippen LogP contribution in [0.2, 0.25) is 10.2 Å². The lowest BCUT2D eigenvalue weighted by atomic mass is 10.2. The van der Waals surface area contributed by atoms with Gasteiger partial charge in [-0.25, -0.2) is 9.78 Å². The molecule has 0 aliphatic rings. The minimum atomic E-state index is -0.486. The van der Waals surface area contributed by atoms with Gasteiger partial charge < -0.3 is 9.30 Å². The van der Waals surface area contributed by atoms with Crippen LogP contribution in [0.5, 0.6) is 0 Å². The number of nitrogens with zero attached hydrogens (tertiary/aromatic N) is 2. The third kappa shape index (κ3) is 2.66. The van der Waals surface area contributed by atoms with E-state index in [0.717, 1.165) is 0 Å². The molecule has 0 bridgehead atoms. The maximum absolute atomic E-state index is 11.8. The Kier molecular flexibility index (Phi) is 3.89. The molecule has 4 nitrogen and oxygen atoms in total. The van der Waals surface area contributed by atoms with E-state index in [1.54, 1.807) is 35.9 Å². The molecule has 0 atom stereocenters. The molecule has 1 aromatic carbocycles. The maximum atomic E-state index is 11.8. The van der Waals surface area contributed by atoms with Gasteiger partial charge in [-0.3, -0.25) is 0 Å². The Balaban J connectivity index is 2.05. The van der Waals surface area contributed by atoms with Crippen molar-refractivity contribution in [3.05, 3.63) is 52.0 Å². The molecule has 0 aliphatic heterocycles. The van der Waals surface area contributed by atoms with E-state index in [4.69, 9.17) is 27.9 Å². The van der Waals surface area contributed by atoms with E-state index in [-0.39, 0.29) is 6.61 Å². The topological polar surface area (TPSA) is 44.1 Å². The molecule has 1 heterocycles. The molecule has 0 saturated heterocycles. The fraction of sp³-hybridized carbons (Fsp3) is 0.167. The van der Waals surface area contributed by atoms with Gasteiger partial charge in [0.05, 0.1) is 16.8 Å². The second-order valence-corrected chi connectivity index (χ2v) is 4.41. The van der Waals surface area contributed by atoms with Crippen LogP contribution in [-0.4, -0.2) is 15.5 Å². The number of hydrogen-bond donors (Lipinski definition) is 0. The lowest BCUT2D eigenvalue weighted by Gasteiger charge is -2.06. The molecular weight excluding hydrogens is 275 g/mol. The Labute approximate surface area is 114 Å². The molecule has 0 fully saturated rings. The first-order chi connectivity index (χ1) is 8.59. The van der Waals surface area contributed by atoms with Crippen molar-refractivity contribution in [1.82, 2.24) is 9.55 Å². The number of halogens is 2. The molecule has 0 N–H and O–H groups in total. The predicted octanol–water partition coefficient (Wildman–Crippen LogP) is 3.08. The van der Waals surface area contributed by atoms with E-state index in [1.165, 1.54) is 6.20 Å². The number of imidazole rings is 1. The van der Waals surface area contributed by atoms with Crippen LogP contribution < -0.4 is 0 Å². The third-order valence-electron chi connectivity index (χ3n) is 2.45. The average molecular weight is 285 g/mol. The molecule has 1 aromatic heterocycles. The lowest BCUT2D eigenvalue weighted by Crippen LogP contribution is -2.08. The fourth-order valence-corrected chi connectivity index (χ4v) is 1.75. The highest BCUT2D eigenvalue weighted by molar-refractivity contribution is 6.33. The van der Waals surface area contributed by atoms with Crippen molar-refractivity contribution in [3.8, 4) is 0 Å². The summed E-state index contributed by atoms with van der Waals surface area (Å²) in [5.74, 6) is 0.0835. The van der Waals surface area contributed by atoms with Crippen LogP contribution in [0.25, 0.3) is 0 Å². The van der Waals surface area contributed by atoms with Gasteiger partial charge in [0.1, 0.15) is 17.6 Å². The molecule has 0 unspecified atom stereocenters. The third-order valence-corrected chi connectivity index (χ3v) is 3.13. The van der Waals surface area contributed by atoms with Crippen molar-refractivity contribution in [2.75, 3.05) is 0 Å². The number of hydrogen-bond acceptors (Lipinski definition) is 3. The largest absolute Gasteiger partial charge is 0.454 e. The molecule has 0 amide bonds. The summed E-state index contributed by atoms with van der Waals surface area (Å²) >= 11 is 11.7. The SMILES string of the molecule is Cn1c(Cl)cnc1COC(=O)c1ccccc1Cl. The molecule has 0 spiro atoms. The zero-order valence-electron chi connectivity index (χ0n) is 9.56. The second kappa shape index (κ2) is 5.42. The number of rotatable bonds is 3. The van der Waals surface area contributed by atoms with E-state index in [9.17, 15) is 4.79 Å². The summed E-state index contributed by atoms with van der Waals surface area (Å²) in [7, 11) is 1.74. The van der Waals surface area contributed by atoms with Crippen LogP contribution in [0.4, 0.5) is 0 Å². The van der Waals surface area contributed by atoms with Gasteiger partial charge in [0.2, 0.25) is 0 Å². The Morgan fingerprint density at radius 3 is 2.72 bits per heavy atom. The summed E-state index contributed by atoms with van der Waals surface area (Å²) in [5.41, 5.74) is 0.333. The summed E-state index contributed by atoms with van der Waals surface area (Å²) in [6.45, 7) is 0.0489. The van der Waals surface area contributed by atoms with Gasteiger partial charge in [0.25, 0.3) is 0 Å². The second-order valence-electron chi connectivity index (χ2n) is 3.61. The van der Waals surface area contributed by atoms with Gasteiger partial charge in [-0.15, -0.1) is 0 Å². The molecule has 18 heavy (non-hydrogen) atoms. The standard InChI is InChI=1S/C12H10Cl2N2O2/c1-16-10(14)6-15-11(16)7-18-12(17)8-4-2-3-5-9(8)13/h2-6H,7H2,1H3. The van der Waals surface area contributed by atoms with Crippen molar-refractivity contribution < 1.29 is 9.53 Å². The van der Waals surface area contributed by atoms with Crippen LogP contribution in [-0.2, 0) is 18.4 Å². The predicted molar refractivity (Wildman–Crippen MR) is 68.8 cm³/mol. The zero-order valence-corrected chi connectivity index (χ0v) is 11.1. The summed E-state index contributed by atoms with van der Waals surface area (Å²) in [4.78, 5) is 15.8. The molecule has 2 rings (SSSR count). The lowest BCUT2D eigenvalue weighted by molar-refractivity contribution is 0.0459. The van der Waals surface area contributed by atoms with Gasteiger partial charge in [0, 0.05) is 7.05 Å². The van der Waals surface area contributed by atoms with Gasteiger partial charge in [0.15, 0.2) is 0 Å². The highest BCUT2D eigenvalue weighted by Crippen LogP contribution is 2.17. The first-order valence-corrected chi connectivity index (χ1v) is 5.93. The summed E-state index contributed by atoms with van der Waals surface area (Å²) in [6.07, 6.45) is 1.50. The number of ether oxygens (including phenoxy) is 1. The van der Waals surface area contributed by atoms with Gasteiger partial charge in [-0.2, -0.15) is 0 Å². The number of aromatic nitrogens is 2. The first kappa shape index (κ1) is 12.9. The van der Waals surface area contributed by atoms with E-state index in [2.05, 4.69) is 4.98 Å². The van der Waals surface area contributed by atoms with Crippen LogP contribution in [0.15, 0.2) is 30.5 Å². The number of esters is 1. The molecule has 6 heteroatoms. The van der Waals surface area contributed by atoms with E-state index < -0.39 is 5.97 Å². The average Bonchev–Trinajstić information content (AvgIpc) is 2.68. The highest BCUT2D eigenvalue weighted by Gasteiger charge is 2.13. The normalized spacial score (nSPS) is 10.4. The van der Waals surface area contributed by atoms with E-state index >= 15 is 0 Å². The van der Waals surface area contributed by atoms with Crippen LogP contribution in [0, 0.1) is 0 Å². The Bertz CT molecular complexity index is 581. The molecule has 0 saturated carbocycles. The monoisotopic (exact) mass is 284 g/mol. The minimum absolute atomic E-state index is 0.0489. The summed E-state index contributed by atoms with van der Waals surface area (Å²) in [6, 6.07) is 6.71. The van der Waals surface area contributed by atoms with Crippen molar-refractivity contribution in [2.45, 2.75) is 6.61 Å². The van der Waals surface area contributed by atoms with Crippen LogP contribution in [0.3, 0.4) is 0 Å². The Morgan fingerprint density at radius 2 is 2.11 bits per heavy atom. The molecule has 94 valence electrons. The summed E-state index contributed by atoms with van der Waals surface area (Å²) in [5, 5.41) is 0.846. The smallest absolute Gasteiger partial charge is 0.340 e. The van der Waals surface area contributed by atoms with Crippen molar-refractivity contribution in [1.29, 1.82) is 0 Å². The van der Waals surface area contributed by atoms with Gasteiger partial charge in [-0.05, 0) is 12.1 Å². The quantitative estimate of drug-likeness (QED) is 0.814. The molecular formula is C12H10Cl2N2O2. The van der Waals surface area contributed by atoms with Crippen LogP contribution >= 0.6 is 23.2 Å². The molecule has 2 aromatic rings. The van der Waals surface area contributed by atoms with Crippen molar-refractivity contribution >= 4 is 29.2 Å². The van der Waals surface area contributed by atoms with E-state index in [0.29, 0.717) is 21.6 Å². The Hall–Kier alpha value is -1.52. The number of carbonyl (C=O) groups excluding carboxylic acids is 1. The van der Waals surface area contributed by atoms with E-state index in [1.807, 2.05) is 0 Å². The highest BCUT2D eigenvalue weighted by atomic mass is 35.5. The maximum Gasteiger partial charge on any atom is 0.340 e. The van der Waals surface area contributed by atoms with Gasteiger partial charge >= 0.3 is 5.97 Å². The number of carbonyl (C=O) groups is 1. The number of benzene rings is 1.